The Hall–Kier alpha value is -6.65. The number of aromatic nitrogens is 4. The highest BCUT2D eigenvalue weighted by Crippen LogP contribution is 2.54. The Bertz CT molecular complexity index is 2590. The van der Waals surface area contributed by atoms with Crippen molar-refractivity contribution in [1.82, 2.24) is 19.5 Å². The summed E-state index contributed by atoms with van der Waals surface area (Å²) in [7, 11) is 0. The molecule has 0 unspecified atom stereocenters. The van der Waals surface area contributed by atoms with Gasteiger partial charge in [0.05, 0.1) is 22.1 Å². The van der Waals surface area contributed by atoms with Gasteiger partial charge in [0.2, 0.25) is 0 Å². The molecule has 2 aromatic heterocycles. The van der Waals surface area contributed by atoms with E-state index in [1.807, 2.05) is 36.4 Å². The van der Waals surface area contributed by atoms with Crippen LogP contribution in [0.2, 0.25) is 0 Å². The fraction of sp³-hybridized carbons (Fsp3) is 0.0217. The normalized spacial score (nSPS) is 13.0. The molecule has 4 nitrogen and oxygen atoms in total. The minimum absolute atomic E-state index is 0.616. The highest BCUT2D eigenvalue weighted by atomic mass is 15.0. The lowest BCUT2D eigenvalue weighted by atomic mass is 9.63. The van der Waals surface area contributed by atoms with E-state index in [0.717, 1.165) is 22.4 Å². The molecule has 0 spiro atoms. The predicted molar refractivity (Wildman–Crippen MR) is 202 cm³/mol. The van der Waals surface area contributed by atoms with Crippen molar-refractivity contribution in [3.05, 3.63) is 204 Å². The number of hydrogen-bond acceptors (Lipinski definition) is 3. The monoisotopic (exact) mass is 638 g/mol. The molecule has 0 bridgehead atoms. The van der Waals surface area contributed by atoms with Crippen LogP contribution >= 0.6 is 0 Å². The predicted octanol–water partition coefficient (Wildman–Crippen LogP) is 10.7. The second-order valence-electron chi connectivity index (χ2n) is 12.8. The lowest BCUT2D eigenvalue weighted by molar-refractivity contribution is 0.728. The van der Waals surface area contributed by atoms with Crippen LogP contribution in [0.25, 0.3) is 61.7 Å². The Morgan fingerprint density at radius 3 is 1.48 bits per heavy atom. The number of hydrogen-bond donors (Lipinski definition) is 0. The number of fused-ring (bicyclic) bond motifs is 5. The highest BCUT2D eigenvalue weighted by Gasteiger charge is 2.45. The molecule has 3 heterocycles. The van der Waals surface area contributed by atoms with Crippen molar-refractivity contribution in [2.75, 3.05) is 0 Å². The maximum atomic E-state index is 5.14. The minimum Gasteiger partial charge on any atom is -0.309 e. The van der Waals surface area contributed by atoms with E-state index in [9.17, 15) is 0 Å². The molecule has 0 fully saturated rings. The first kappa shape index (κ1) is 28.4. The molecule has 10 rings (SSSR count). The summed E-state index contributed by atoms with van der Waals surface area (Å²) >= 11 is 0. The largest absolute Gasteiger partial charge is 0.309 e. The summed E-state index contributed by atoms with van der Waals surface area (Å²) in [5.74, 6) is 1.93. The van der Waals surface area contributed by atoms with Gasteiger partial charge >= 0.3 is 0 Å². The third-order valence-corrected chi connectivity index (χ3v) is 10.1. The molecule has 9 aromatic rings. The molecule has 1 aliphatic heterocycles. The van der Waals surface area contributed by atoms with Crippen LogP contribution < -0.4 is 0 Å². The molecule has 234 valence electrons. The molecule has 0 atom stereocenters. The van der Waals surface area contributed by atoms with Crippen LogP contribution in [0.1, 0.15) is 22.3 Å². The molecule has 0 N–H and O–H groups in total. The topological polar surface area (TPSA) is 43.6 Å². The quantitative estimate of drug-likeness (QED) is 0.188. The van der Waals surface area contributed by atoms with E-state index in [-0.39, 0.29) is 0 Å². The maximum absolute atomic E-state index is 5.14. The molecular weight excluding hydrogens is 609 g/mol. The highest BCUT2D eigenvalue weighted by molar-refractivity contribution is 6.12. The second-order valence-corrected chi connectivity index (χ2v) is 12.8. The fourth-order valence-electron chi connectivity index (χ4n) is 7.99. The van der Waals surface area contributed by atoms with E-state index >= 15 is 0 Å². The average Bonchev–Trinajstić information content (AvgIpc) is 3.54. The van der Waals surface area contributed by atoms with Crippen molar-refractivity contribution in [2.45, 2.75) is 5.41 Å². The summed E-state index contributed by atoms with van der Waals surface area (Å²) in [6.45, 7) is 0. The number of para-hydroxylation sites is 2. The molecule has 50 heavy (non-hydrogen) atoms. The Morgan fingerprint density at radius 2 is 0.880 bits per heavy atom. The smallest absolute Gasteiger partial charge is 0.164 e. The summed E-state index contributed by atoms with van der Waals surface area (Å²) in [6.07, 6.45) is 0. The summed E-state index contributed by atoms with van der Waals surface area (Å²) in [5, 5.41) is 2.50. The van der Waals surface area contributed by atoms with Gasteiger partial charge in [0.25, 0.3) is 0 Å². The third kappa shape index (κ3) is 4.15. The van der Waals surface area contributed by atoms with Gasteiger partial charge in [0.1, 0.15) is 0 Å². The van der Waals surface area contributed by atoms with Gasteiger partial charge < -0.3 is 4.57 Å². The Morgan fingerprint density at radius 1 is 0.380 bits per heavy atom. The first-order valence-corrected chi connectivity index (χ1v) is 17.0. The molecule has 0 saturated heterocycles. The van der Waals surface area contributed by atoms with Gasteiger partial charge in [-0.2, -0.15) is 0 Å². The van der Waals surface area contributed by atoms with Crippen LogP contribution in [0.4, 0.5) is 0 Å². The Kier molecular flexibility index (Phi) is 6.36. The zero-order valence-corrected chi connectivity index (χ0v) is 27.1. The van der Waals surface area contributed by atoms with Crippen molar-refractivity contribution in [1.29, 1.82) is 0 Å². The number of benzene rings is 7. The van der Waals surface area contributed by atoms with Crippen LogP contribution in [0.5, 0.6) is 0 Å². The van der Waals surface area contributed by atoms with Gasteiger partial charge in [0.15, 0.2) is 17.5 Å². The molecule has 0 saturated carbocycles. The van der Waals surface area contributed by atoms with Crippen LogP contribution in [-0.2, 0) is 5.41 Å². The molecule has 1 aliphatic rings. The number of rotatable bonds is 5. The average molecular weight is 639 g/mol. The summed E-state index contributed by atoms with van der Waals surface area (Å²) in [4.78, 5) is 15.2. The van der Waals surface area contributed by atoms with Gasteiger partial charge in [-0.15, -0.1) is 0 Å². The van der Waals surface area contributed by atoms with E-state index < -0.39 is 5.41 Å². The van der Waals surface area contributed by atoms with Crippen LogP contribution in [-0.4, -0.2) is 19.5 Å². The molecule has 0 amide bonds. The van der Waals surface area contributed by atoms with E-state index in [1.165, 1.54) is 44.1 Å². The summed E-state index contributed by atoms with van der Waals surface area (Å²) in [5.41, 5.74) is 10.6. The Balaban J connectivity index is 1.33. The number of nitrogens with zero attached hydrogens (tertiary/aromatic N) is 4. The van der Waals surface area contributed by atoms with Gasteiger partial charge in [-0.3, -0.25) is 0 Å². The fourth-order valence-corrected chi connectivity index (χ4v) is 7.99. The molecule has 4 heteroatoms. The van der Waals surface area contributed by atoms with Crippen LogP contribution in [0.3, 0.4) is 0 Å². The van der Waals surface area contributed by atoms with Crippen molar-refractivity contribution in [3.63, 3.8) is 0 Å². The molecular formula is C46H30N4. The molecule has 0 aliphatic carbocycles. The first-order chi connectivity index (χ1) is 24.8. The SMILES string of the molecule is c1ccc(-c2nc(-c3ccccc3)nc(-c3ccc4c(c3)C(c3ccccc3)(c3ccccc3)c3cccc5c6ccccc6n-4c35)n2)cc1. The second kappa shape index (κ2) is 11.2. The van der Waals surface area contributed by atoms with Crippen molar-refractivity contribution in [3.8, 4) is 39.9 Å². The maximum Gasteiger partial charge on any atom is 0.164 e. The summed E-state index contributed by atoms with van der Waals surface area (Å²) in [6, 6.07) is 64.5. The van der Waals surface area contributed by atoms with Crippen LogP contribution in [0, 0.1) is 0 Å². The van der Waals surface area contributed by atoms with Crippen molar-refractivity contribution in [2.24, 2.45) is 0 Å². The van der Waals surface area contributed by atoms with Gasteiger partial charge in [0, 0.05) is 27.5 Å². The van der Waals surface area contributed by atoms with Crippen molar-refractivity contribution >= 4 is 21.8 Å². The van der Waals surface area contributed by atoms with E-state index in [4.69, 9.17) is 15.0 Å². The van der Waals surface area contributed by atoms with Crippen LogP contribution in [0.15, 0.2) is 182 Å². The van der Waals surface area contributed by atoms with Crippen molar-refractivity contribution < 1.29 is 0 Å². The van der Waals surface area contributed by atoms with E-state index in [2.05, 4.69) is 150 Å². The van der Waals surface area contributed by atoms with Gasteiger partial charge in [-0.05, 0) is 46.5 Å². The first-order valence-electron chi connectivity index (χ1n) is 17.0. The lowest BCUT2D eigenvalue weighted by Gasteiger charge is -2.42. The van der Waals surface area contributed by atoms with E-state index in [0.29, 0.717) is 17.5 Å². The standard InChI is InChI=1S/C46H30N4/c1-5-16-31(17-6-1)43-47-44(32-18-7-2-8-19-32)49-45(48-43)33-28-29-41-39(30-33)46(34-20-9-3-10-21-34,35-22-11-4-12-23-35)38-26-15-25-37-36-24-13-14-27-40(36)50(41)42(37)38/h1-30H. The molecule has 7 aromatic carbocycles. The molecule has 0 radical (unpaired) electrons. The van der Waals surface area contributed by atoms with E-state index in [1.54, 1.807) is 0 Å². The van der Waals surface area contributed by atoms with Gasteiger partial charge in [-0.25, -0.2) is 15.0 Å². The zero-order chi connectivity index (χ0) is 33.1. The third-order valence-electron chi connectivity index (χ3n) is 10.1. The lowest BCUT2D eigenvalue weighted by Crippen LogP contribution is -2.35. The summed E-state index contributed by atoms with van der Waals surface area (Å²) < 4.78 is 2.46. The minimum atomic E-state index is -0.616. The zero-order valence-electron chi connectivity index (χ0n) is 27.1. The Labute approximate surface area is 290 Å². The van der Waals surface area contributed by atoms with Gasteiger partial charge in [-0.1, -0.05) is 158 Å².